The fourth-order valence-corrected chi connectivity index (χ4v) is 1.77. The monoisotopic (exact) mass is 342 g/mol. The third kappa shape index (κ3) is 63.6. The van der Waals surface area contributed by atoms with Crippen LogP contribution >= 0.6 is 0 Å². The minimum atomic E-state index is 0. The molecule has 2 rings (SSSR count). The second kappa shape index (κ2) is 70.6. The standard InChI is InChI=1S/2C5H10.4C2H6.2CH3.Cr/c2*1-2-4-5-3-1;4*1-2;;;/h2*1-5H2;4*1-2H3;2*1H3;/q;;;;;;2*-1;+2. The van der Waals surface area contributed by atoms with E-state index in [0.29, 0.717) is 0 Å². The summed E-state index contributed by atoms with van der Waals surface area (Å²) >= 11 is 0. The normalized spacial score (nSPS) is 12.6. The zero-order valence-corrected chi connectivity index (χ0v) is 18.8. The average Bonchev–Trinajstić information content (AvgIpc) is 3.25. The van der Waals surface area contributed by atoms with Crippen LogP contribution in [-0.4, -0.2) is 0 Å². The van der Waals surface area contributed by atoms with Crippen LogP contribution in [0.15, 0.2) is 0 Å². The molecule has 2 saturated carbocycles. The molecule has 0 nitrogen and oxygen atoms in total. The molecule has 0 heterocycles. The van der Waals surface area contributed by atoms with Gasteiger partial charge in [-0.3, -0.25) is 0 Å². The summed E-state index contributed by atoms with van der Waals surface area (Å²) in [5.74, 6) is 0. The van der Waals surface area contributed by atoms with E-state index in [4.69, 9.17) is 0 Å². The van der Waals surface area contributed by atoms with Crippen molar-refractivity contribution in [2.45, 2.75) is 120 Å². The maximum Gasteiger partial charge on any atom is 2.00 e. The SMILES string of the molecule is C1CCCC1.C1CCCC1.CC.CC.CC.CC.[CH3-].[CH3-].[Cr+2]. The second-order valence-corrected chi connectivity index (χ2v) is 3.54. The van der Waals surface area contributed by atoms with Crippen LogP contribution in [-0.2, 0) is 17.4 Å². The Kier molecular flexibility index (Phi) is 145. The molecule has 0 unspecified atom stereocenters. The Morgan fingerprint density at radius 1 is 0.286 bits per heavy atom. The molecule has 0 spiro atoms. The van der Waals surface area contributed by atoms with Crippen molar-refractivity contribution in [2.75, 3.05) is 0 Å². The molecule has 2 aliphatic carbocycles. The van der Waals surface area contributed by atoms with E-state index in [-0.39, 0.29) is 32.2 Å². The van der Waals surface area contributed by atoms with Crippen molar-refractivity contribution in [1.82, 2.24) is 0 Å². The molecule has 0 aromatic carbocycles. The zero-order chi connectivity index (χ0) is 15.1. The van der Waals surface area contributed by atoms with Crippen LogP contribution in [0.3, 0.4) is 0 Å². The van der Waals surface area contributed by atoms with E-state index in [1.807, 2.05) is 55.4 Å². The van der Waals surface area contributed by atoms with E-state index in [1.54, 1.807) is 0 Å². The van der Waals surface area contributed by atoms with Gasteiger partial charge in [0.05, 0.1) is 0 Å². The Balaban J connectivity index is -0.0000000234. The van der Waals surface area contributed by atoms with Gasteiger partial charge in [-0.25, -0.2) is 0 Å². The summed E-state index contributed by atoms with van der Waals surface area (Å²) in [6, 6.07) is 0. The van der Waals surface area contributed by atoms with E-state index in [0.717, 1.165) is 0 Å². The van der Waals surface area contributed by atoms with Gasteiger partial charge in [-0.15, -0.1) is 0 Å². The minimum absolute atomic E-state index is 0. The third-order valence-electron chi connectivity index (χ3n) is 2.50. The van der Waals surface area contributed by atoms with E-state index in [1.165, 1.54) is 64.2 Å². The second-order valence-electron chi connectivity index (χ2n) is 3.54. The summed E-state index contributed by atoms with van der Waals surface area (Å²) in [5, 5.41) is 0. The Morgan fingerprint density at radius 3 is 0.381 bits per heavy atom. The fraction of sp³-hybridized carbons (Fsp3) is 0.900. The van der Waals surface area contributed by atoms with Gasteiger partial charge in [0.1, 0.15) is 0 Å². The van der Waals surface area contributed by atoms with Gasteiger partial charge in [-0.05, 0) is 0 Å². The van der Waals surface area contributed by atoms with Crippen molar-refractivity contribution < 1.29 is 17.4 Å². The largest absolute Gasteiger partial charge is 2.00 e. The first-order valence-electron chi connectivity index (χ1n) is 9.00. The average molecular weight is 343 g/mol. The van der Waals surface area contributed by atoms with Gasteiger partial charge in [0.25, 0.3) is 0 Å². The van der Waals surface area contributed by atoms with Crippen molar-refractivity contribution >= 4 is 0 Å². The smallest absolute Gasteiger partial charge is 0.358 e. The summed E-state index contributed by atoms with van der Waals surface area (Å²) in [6.45, 7) is 16.0. The van der Waals surface area contributed by atoms with E-state index in [2.05, 4.69) is 0 Å². The molecule has 0 atom stereocenters. The maximum absolute atomic E-state index is 2.00. The van der Waals surface area contributed by atoms with Gasteiger partial charge < -0.3 is 14.9 Å². The first-order valence-corrected chi connectivity index (χ1v) is 9.00. The van der Waals surface area contributed by atoms with Gasteiger partial charge in [0.15, 0.2) is 0 Å². The quantitative estimate of drug-likeness (QED) is 0.385. The Hall–Kier alpha value is 0.532. The third-order valence-corrected chi connectivity index (χ3v) is 2.50. The van der Waals surface area contributed by atoms with Gasteiger partial charge in [0, 0.05) is 0 Å². The summed E-state index contributed by atoms with van der Waals surface area (Å²) in [7, 11) is 0. The summed E-state index contributed by atoms with van der Waals surface area (Å²) < 4.78 is 0. The van der Waals surface area contributed by atoms with Crippen molar-refractivity contribution in [2.24, 2.45) is 0 Å². The Bertz CT molecular complexity index is 39.0. The van der Waals surface area contributed by atoms with Crippen LogP contribution in [0, 0.1) is 14.9 Å². The molecule has 0 amide bonds. The van der Waals surface area contributed by atoms with E-state index in [9.17, 15) is 0 Å². The van der Waals surface area contributed by atoms with Crippen molar-refractivity contribution in [3.8, 4) is 0 Å². The molecule has 0 aromatic rings. The van der Waals surface area contributed by atoms with Crippen molar-refractivity contribution in [1.29, 1.82) is 0 Å². The van der Waals surface area contributed by atoms with Crippen LogP contribution in [0.4, 0.5) is 0 Å². The molecule has 1 heteroatoms. The molecule has 0 radical (unpaired) electrons. The zero-order valence-electron chi connectivity index (χ0n) is 17.5. The molecule has 0 N–H and O–H groups in total. The Morgan fingerprint density at radius 2 is 0.333 bits per heavy atom. The van der Waals surface area contributed by atoms with Gasteiger partial charge >= 0.3 is 17.4 Å². The predicted molar refractivity (Wildman–Crippen MR) is 104 cm³/mol. The molecule has 2 fully saturated rings. The molecule has 0 aliphatic heterocycles. The van der Waals surface area contributed by atoms with Crippen molar-refractivity contribution in [3.05, 3.63) is 14.9 Å². The van der Waals surface area contributed by atoms with Gasteiger partial charge in [0.2, 0.25) is 0 Å². The first kappa shape index (κ1) is 43.0. The minimum Gasteiger partial charge on any atom is -0.358 e. The topological polar surface area (TPSA) is 0 Å². The molecule has 0 bridgehead atoms. The Labute approximate surface area is 152 Å². The summed E-state index contributed by atoms with van der Waals surface area (Å²) in [6.07, 6.45) is 15.0. The van der Waals surface area contributed by atoms with E-state index >= 15 is 0 Å². The van der Waals surface area contributed by atoms with Gasteiger partial charge in [-0.1, -0.05) is 120 Å². The first-order chi connectivity index (χ1) is 9.00. The maximum atomic E-state index is 2.00. The molecule has 21 heavy (non-hydrogen) atoms. The van der Waals surface area contributed by atoms with Crippen LogP contribution in [0.5, 0.6) is 0 Å². The van der Waals surface area contributed by atoms with Crippen LogP contribution in [0.1, 0.15) is 120 Å². The van der Waals surface area contributed by atoms with Crippen molar-refractivity contribution in [3.63, 3.8) is 0 Å². The molecular formula is C20H50Cr. The molecule has 0 saturated heterocycles. The molecule has 0 aromatic heterocycles. The van der Waals surface area contributed by atoms with Crippen LogP contribution in [0.2, 0.25) is 0 Å². The fourth-order valence-electron chi connectivity index (χ4n) is 1.77. The summed E-state index contributed by atoms with van der Waals surface area (Å²) in [4.78, 5) is 0. The molecular weight excluding hydrogens is 292 g/mol. The van der Waals surface area contributed by atoms with Crippen LogP contribution < -0.4 is 0 Å². The number of hydrogen-bond donors (Lipinski definition) is 0. The van der Waals surface area contributed by atoms with Crippen LogP contribution in [0.25, 0.3) is 0 Å². The number of rotatable bonds is 0. The molecule has 136 valence electrons. The predicted octanol–water partition coefficient (Wildman–Crippen LogP) is 8.90. The summed E-state index contributed by atoms with van der Waals surface area (Å²) in [5.41, 5.74) is 0. The molecule has 2 aliphatic rings. The van der Waals surface area contributed by atoms with E-state index < -0.39 is 0 Å². The van der Waals surface area contributed by atoms with Gasteiger partial charge in [-0.2, -0.15) is 0 Å². The number of hydrogen-bond acceptors (Lipinski definition) is 0.